The maximum absolute atomic E-state index is 11.3. The van der Waals surface area contributed by atoms with Gasteiger partial charge in [0.15, 0.2) is 6.29 Å². The van der Waals surface area contributed by atoms with E-state index in [-0.39, 0.29) is 0 Å². The molecule has 0 N–H and O–H groups in total. The van der Waals surface area contributed by atoms with E-state index < -0.39 is 0 Å². The molecule has 0 aliphatic carbocycles. The van der Waals surface area contributed by atoms with E-state index in [0.717, 1.165) is 41.1 Å². The molecule has 3 aromatic heterocycles. The van der Waals surface area contributed by atoms with Gasteiger partial charge in [-0.15, -0.1) is 22.7 Å². The third-order valence-electron chi connectivity index (χ3n) is 4.58. The molecule has 3 nitrogen and oxygen atoms in total. The highest BCUT2D eigenvalue weighted by molar-refractivity contribution is 14.1. The number of unbranched alkanes of at least 4 members (excludes halogenated alkanes) is 3. The zero-order valence-corrected chi connectivity index (χ0v) is 18.8. The fraction of sp³-hybridized carbons (Fsp3) is 0.286. The smallest absolute Gasteiger partial charge is 0.160 e. The fourth-order valence-electron chi connectivity index (χ4n) is 3.29. The van der Waals surface area contributed by atoms with Crippen LogP contribution >= 0.6 is 45.3 Å². The quantitative estimate of drug-likeness (QED) is 0.142. The van der Waals surface area contributed by atoms with Crippen molar-refractivity contribution >= 4 is 72.0 Å². The number of halogens is 1. The van der Waals surface area contributed by atoms with Gasteiger partial charge in [0, 0.05) is 5.69 Å². The van der Waals surface area contributed by atoms with Crippen molar-refractivity contribution in [3.8, 4) is 11.4 Å². The van der Waals surface area contributed by atoms with Crippen LogP contribution in [0, 0.1) is 2.88 Å². The minimum absolute atomic E-state index is 0.770. The number of thiophene rings is 2. The lowest BCUT2D eigenvalue weighted by Crippen LogP contribution is -1.98. The highest BCUT2D eigenvalue weighted by atomic mass is 127. The maximum Gasteiger partial charge on any atom is 0.160 e. The highest BCUT2D eigenvalue weighted by Crippen LogP contribution is 2.41. The molecule has 140 valence electrons. The minimum Gasteiger partial charge on any atom is -0.494 e. The summed E-state index contributed by atoms with van der Waals surface area (Å²) in [7, 11) is 0. The third kappa shape index (κ3) is 3.79. The van der Waals surface area contributed by atoms with E-state index in [4.69, 9.17) is 4.74 Å². The number of nitrogens with zero attached hydrogens (tertiary/aromatic N) is 1. The van der Waals surface area contributed by atoms with E-state index >= 15 is 0 Å². The molecular formula is C21H20INO2S2. The summed E-state index contributed by atoms with van der Waals surface area (Å²) < 4.78 is 11.8. The van der Waals surface area contributed by atoms with Crippen LogP contribution in [0.5, 0.6) is 5.75 Å². The van der Waals surface area contributed by atoms with Crippen molar-refractivity contribution in [2.75, 3.05) is 6.61 Å². The standard InChI is InChI=1S/C21H20INO2S2/c1-2-3-4-5-10-25-15-8-6-14(7-9-15)23-17-11-16(13-24)26-20(17)21-18(23)12-19(22)27-21/h6-9,11-13H,2-5,10H2,1H3. The van der Waals surface area contributed by atoms with E-state index in [1.165, 1.54) is 37.1 Å². The van der Waals surface area contributed by atoms with Crippen molar-refractivity contribution in [2.24, 2.45) is 0 Å². The molecule has 4 rings (SSSR count). The lowest BCUT2D eigenvalue weighted by molar-refractivity contribution is 0.112. The van der Waals surface area contributed by atoms with Crippen molar-refractivity contribution < 1.29 is 9.53 Å². The molecule has 6 heteroatoms. The fourth-order valence-corrected chi connectivity index (χ4v) is 6.22. The number of aromatic nitrogens is 1. The first-order valence-corrected chi connectivity index (χ1v) is 11.8. The number of hydrogen-bond acceptors (Lipinski definition) is 4. The Hall–Kier alpha value is -1.38. The summed E-state index contributed by atoms with van der Waals surface area (Å²) in [5.41, 5.74) is 3.40. The van der Waals surface area contributed by atoms with Gasteiger partial charge < -0.3 is 9.30 Å². The Morgan fingerprint density at radius 1 is 1.04 bits per heavy atom. The molecular weight excluding hydrogens is 489 g/mol. The van der Waals surface area contributed by atoms with E-state index in [9.17, 15) is 4.79 Å². The summed E-state index contributed by atoms with van der Waals surface area (Å²) in [4.78, 5) is 12.0. The van der Waals surface area contributed by atoms with Crippen LogP contribution in [0.15, 0.2) is 36.4 Å². The molecule has 0 amide bonds. The Morgan fingerprint density at radius 3 is 2.52 bits per heavy atom. The van der Waals surface area contributed by atoms with Crippen LogP contribution < -0.4 is 4.74 Å². The van der Waals surface area contributed by atoms with E-state index in [0.29, 0.717) is 0 Å². The summed E-state index contributed by atoms with van der Waals surface area (Å²) in [6, 6.07) is 12.5. The summed E-state index contributed by atoms with van der Waals surface area (Å²) in [5.74, 6) is 0.911. The number of rotatable bonds is 8. The van der Waals surface area contributed by atoms with E-state index in [2.05, 4.69) is 52.3 Å². The SMILES string of the molecule is CCCCCCOc1ccc(-n2c3cc(I)sc3c3sc(C=O)cc32)cc1. The average Bonchev–Trinajstić information content (AvgIpc) is 3.32. The second kappa shape index (κ2) is 8.32. The molecule has 0 aliphatic rings. The minimum atomic E-state index is 0.770. The molecule has 0 spiro atoms. The topological polar surface area (TPSA) is 31.2 Å². The van der Waals surface area contributed by atoms with Gasteiger partial charge in [0.1, 0.15) is 5.75 Å². The second-order valence-electron chi connectivity index (χ2n) is 6.48. The second-order valence-corrected chi connectivity index (χ2v) is 10.5. The molecule has 0 atom stereocenters. The first-order chi connectivity index (χ1) is 13.2. The van der Waals surface area contributed by atoms with Gasteiger partial charge in [-0.05, 0) is 65.4 Å². The van der Waals surface area contributed by atoms with Crippen LogP contribution in [0.25, 0.3) is 26.1 Å². The number of aldehydes is 1. The van der Waals surface area contributed by atoms with Crippen molar-refractivity contribution in [3.05, 3.63) is 44.2 Å². The van der Waals surface area contributed by atoms with E-state index in [1.54, 1.807) is 22.7 Å². The molecule has 0 aliphatic heterocycles. The van der Waals surface area contributed by atoms with Crippen LogP contribution in [-0.2, 0) is 0 Å². The van der Waals surface area contributed by atoms with Crippen LogP contribution in [0.2, 0.25) is 0 Å². The summed E-state index contributed by atoms with van der Waals surface area (Å²) in [6.07, 6.45) is 5.77. The first kappa shape index (κ1) is 19.0. The molecule has 0 fully saturated rings. The van der Waals surface area contributed by atoms with Crippen molar-refractivity contribution in [1.29, 1.82) is 0 Å². The molecule has 1 aromatic carbocycles. The molecule has 0 unspecified atom stereocenters. The van der Waals surface area contributed by atoms with E-state index in [1.807, 2.05) is 18.2 Å². The van der Waals surface area contributed by atoms with Crippen LogP contribution in [0.1, 0.15) is 42.3 Å². The number of carbonyl (C=O) groups is 1. The predicted octanol–water partition coefficient (Wildman–Crippen LogP) is 7.28. The van der Waals surface area contributed by atoms with Gasteiger partial charge in [0.2, 0.25) is 0 Å². The van der Waals surface area contributed by atoms with Gasteiger partial charge in [0.25, 0.3) is 0 Å². The molecule has 27 heavy (non-hydrogen) atoms. The van der Waals surface area contributed by atoms with Crippen LogP contribution in [0.3, 0.4) is 0 Å². The Kier molecular flexibility index (Phi) is 5.85. The number of hydrogen-bond donors (Lipinski definition) is 0. The average molecular weight is 509 g/mol. The lowest BCUT2D eigenvalue weighted by Gasteiger charge is -2.09. The molecule has 0 saturated carbocycles. The Labute approximate surface area is 180 Å². The lowest BCUT2D eigenvalue weighted by atomic mass is 10.2. The van der Waals surface area contributed by atoms with Crippen LogP contribution in [-0.4, -0.2) is 17.5 Å². The van der Waals surface area contributed by atoms with Gasteiger partial charge in [0.05, 0.1) is 34.8 Å². The largest absolute Gasteiger partial charge is 0.494 e. The molecule has 4 aromatic rings. The van der Waals surface area contributed by atoms with Crippen molar-refractivity contribution in [2.45, 2.75) is 32.6 Å². The Morgan fingerprint density at radius 2 is 1.78 bits per heavy atom. The normalized spacial score (nSPS) is 11.5. The maximum atomic E-state index is 11.3. The van der Waals surface area contributed by atoms with Crippen LogP contribution in [0.4, 0.5) is 0 Å². The number of benzene rings is 1. The van der Waals surface area contributed by atoms with Gasteiger partial charge in [-0.1, -0.05) is 26.2 Å². The van der Waals surface area contributed by atoms with Crippen molar-refractivity contribution in [1.82, 2.24) is 4.57 Å². The molecule has 3 heterocycles. The monoisotopic (exact) mass is 509 g/mol. The number of carbonyl (C=O) groups excluding carboxylic acids is 1. The van der Waals surface area contributed by atoms with Gasteiger partial charge >= 0.3 is 0 Å². The number of fused-ring (bicyclic) bond motifs is 3. The summed E-state index contributed by atoms with van der Waals surface area (Å²) in [6.45, 7) is 2.99. The predicted molar refractivity (Wildman–Crippen MR) is 124 cm³/mol. The number of ether oxygens (including phenoxy) is 1. The zero-order chi connectivity index (χ0) is 18.8. The summed E-state index contributed by atoms with van der Waals surface area (Å²) in [5, 5.41) is 0. The van der Waals surface area contributed by atoms with Gasteiger partial charge in [-0.2, -0.15) is 0 Å². The molecule has 0 bridgehead atoms. The third-order valence-corrected chi connectivity index (χ3v) is 7.68. The Balaban J connectivity index is 1.64. The molecule has 0 saturated heterocycles. The first-order valence-electron chi connectivity index (χ1n) is 9.13. The zero-order valence-electron chi connectivity index (χ0n) is 15.0. The van der Waals surface area contributed by atoms with Gasteiger partial charge in [-0.25, -0.2) is 0 Å². The summed E-state index contributed by atoms with van der Waals surface area (Å²) >= 11 is 5.71. The highest BCUT2D eigenvalue weighted by Gasteiger charge is 2.18. The Bertz CT molecular complexity index is 1080. The van der Waals surface area contributed by atoms with Gasteiger partial charge in [-0.3, -0.25) is 4.79 Å². The molecule has 0 radical (unpaired) electrons. The van der Waals surface area contributed by atoms with Crippen molar-refractivity contribution in [3.63, 3.8) is 0 Å².